The molecule has 0 atom stereocenters. The summed E-state index contributed by atoms with van der Waals surface area (Å²) in [5.41, 5.74) is 11.0. The van der Waals surface area contributed by atoms with E-state index >= 15 is 0 Å². The summed E-state index contributed by atoms with van der Waals surface area (Å²) in [4.78, 5) is 24.2. The molecule has 3 aromatic carbocycles. The topological polar surface area (TPSA) is 93.5 Å². The van der Waals surface area contributed by atoms with Gasteiger partial charge in [-0.25, -0.2) is 9.18 Å². The lowest BCUT2D eigenvalue weighted by Gasteiger charge is -2.14. The van der Waals surface area contributed by atoms with Crippen molar-refractivity contribution in [2.75, 3.05) is 24.2 Å². The van der Waals surface area contributed by atoms with Crippen LogP contribution in [0.5, 0.6) is 0 Å². The molecular formula is C27H28FN3O3. The lowest BCUT2D eigenvalue weighted by Crippen LogP contribution is -2.27. The van der Waals surface area contributed by atoms with Gasteiger partial charge in [0.1, 0.15) is 12.4 Å². The highest BCUT2D eigenvalue weighted by molar-refractivity contribution is 5.93. The molecule has 0 aliphatic heterocycles. The first-order valence-corrected chi connectivity index (χ1v) is 11.5. The third-order valence-electron chi connectivity index (χ3n) is 5.98. The predicted octanol–water partition coefficient (Wildman–Crippen LogP) is 5.45. The average molecular weight is 462 g/mol. The van der Waals surface area contributed by atoms with Crippen molar-refractivity contribution in [3.8, 4) is 11.1 Å². The maximum Gasteiger partial charge on any atom is 0.407 e. The highest BCUT2D eigenvalue weighted by atomic mass is 19.1. The van der Waals surface area contributed by atoms with Gasteiger partial charge >= 0.3 is 6.09 Å². The quantitative estimate of drug-likeness (QED) is 0.292. The lowest BCUT2D eigenvalue weighted by atomic mass is 9.98. The number of halogens is 1. The molecule has 0 fully saturated rings. The number of hydrogen-bond acceptors (Lipinski definition) is 4. The van der Waals surface area contributed by atoms with E-state index in [1.54, 1.807) is 0 Å². The zero-order valence-electron chi connectivity index (χ0n) is 18.9. The summed E-state index contributed by atoms with van der Waals surface area (Å²) in [6, 6.07) is 20.3. The first-order valence-electron chi connectivity index (χ1n) is 11.5. The number of nitrogen functional groups attached to an aromatic ring is 1. The van der Waals surface area contributed by atoms with E-state index in [1.807, 2.05) is 24.3 Å². The van der Waals surface area contributed by atoms with E-state index in [4.69, 9.17) is 10.5 Å². The van der Waals surface area contributed by atoms with Crippen LogP contribution in [0, 0.1) is 5.82 Å². The fourth-order valence-corrected chi connectivity index (χ4v) is 4.29. The first kappa shape index (κ1) is 23.3. The second-order valence-corrected chi connectivity index (χ2v) is 8.34. The van der Waals surface area contributed by atoms with Crippen LogP contribution in [0.25, 0.3) is 11.1 Å². The molecule has 4 N–H and O–H groups in total. The number of ether oxygens (including phenoxy) is 1. The SMILES string of the molecule is Nc1cc(F)ccc1NC(=O)CCCCCNC(=O)OCC1c2ccccc2-c2ccccc21. The summed E-state index contributed by atoms with van der Waals surface area (Å²) in [5.74, 6) is -0.589. The molecule has 1 aliphatic rings. The second-order valence-electron chi connectivity index (χ2n) is 8.34. The van der Waals surface area contributed by atoms with Crippen molar-refractivity contribution in [2.45, 2.75) is 31.6 Å². The van der Waals surface area contributed by atoms with Crippen LogP contribution >= 0.6 is 0 Å². The highest BCUT2D eigenvalue weighted by Gasteiger charge is 2.28. The third-order valence-corrected chi connectivity index (χ3v) is 5.98. The number of hydrogen-bond donors (Lipinski definition) is 3. The smallest absolute Gasteiger partial charge is 0.407 e. The molecule has 0 saturated carbocycles. The fourth-order valence-electron chi connectivity index (χ4n) is 4.29. The maximum absolute atomic E-state index is 13.1. The summed E-state index contributed by atoms with van der Waals surface area (Å²) in [7, 11) is 0. The molecule has 0 bridgehead atoms. The first-order chi connectivity index (χ1) is 16.5. The van der Waals surface area contributed by atoms with Crippen molar-refractivity contribution < 1.29 is 18.7 Å². The Labute approximate surface area is 198 Å². The Kier molecular flexibility index (Phi) is 7.42. The zero-order chi connectivity index (χ0) is 23.9. The number of unbranched alkanes of at least 4 members (excludes halogenated alkanes) is 2. The number of amides is 2. The molecule has 1 aliphatic carbocycles. The van der Waals surface area contributed by atoms with Gasteiger partial charge in [-0.15, -0.1) is 0 Å². The minimum absolute atomic E-state index is 0.0341. The van der Waals surface area contributed by atoms with Crippen LogP contribution in [0.4, 0.5) is 20.6 Å². The maximum atomic E-state index is 13.1. The fraction of sp³-hybridized carbons (Fsp3) is 0.259. The normalized spacial score (nSPS) is 12.0. The number of benzene rings is 3. The summed E-state index contributed by atoms with van der Waals surface area (Å²) in [6.45, 7) is 0.760. The van der Waals surface area contributed by atoms with E-state index in [9.17, 15) is 14.0 Å². The monoisotopic (exact) mass is 461 g/mol. The standard InChI is InChI=1S/C27H28FN3O3/c28-18-13-14-25(24(29)16-18)31-26(32)12-2-1-7-15-30-27(33)34-17-23-21-10-5-3-8-19(21)20-9-4-6-11-22(20)23/h3-6,8-11,13-14,16,23H,1-2,7,12,15,17,29H2,(H,30,33)(H,31,32). The number of carbonyl (C=O) groups excluding carboxylic acids is 2. The Balaban J connectivity index is 1.14. The summed E-state index contributed by atoms with van der Waals surface area (Å²) >= 11 is 0. The molecule has 2 amide bonds. The van der Waals surface area contributed by atoms with Gasteiger partial charge < -0.3 is 21.1 Å². The van der Waals surface area contributed by atoms with Crippen molar-refractivity contribution in [1.29, 1.82) is 0 Å². The number of fused-ring (bicyclic) bond motifs is 3. The van der Waals surface area contributed by atoms with E-state index in [-0.39, 0.29) is 24.1 Å². The molecule has 6 nitrogen and oxygen atoms in total. The molecule has 34 heavy (non-hydrogen) atoms. The molecule has 0 spiro atoms. The number of nitrogens with one attached hydrogen (secondary N) is 2. The zero-order valence-corrected chi connectivity index (χ0v) is 18.9. The second kappa shape index (κ2) is 10.8. The molecule has 0 unspecified atom stereocenters. The van der Waals surface area contributed by atoms with Crippen molar-refractivity contribution >= 4 is 23.4 Å². The summed E-state index contributed by atoms with van der Waals surface area (Å²) < 4.78 is 18.6. The van der Waals surface area contributed by atoms with Crippen LogP contribution in [-0.4, -0.2) is 25.2 Å². The number of rotatable bonds is 9. The summed E-state index contributed by atoms with van der Waals surface area (Å²) in [5, 5.41) is 5.47. The molecule has 0 radical (unpaired) electrons. The van der Waals surface area contributed by atoms with E-state index in [0.717, 1.165) is 12.8 Å². The molecule has 176 valence electrons. The molecule has 3 aromatic rings. The van der Waals surface area contributed by atoms with Gasteiger partial charge in [0.2, 0.25) is 5.91 Å². The van der Waals surface area contributed by atoms with Crippen molar-refractivity contribution in [3.05, 3.63) is 83.7 Å². The Bertz CT molecular complexity index is 1140. The Morgan fingerprint density at radius 2 is 1.59 bits per heavy atom. The van der Waals surface area contributed by atoms with Crippen molar-refractivity contribution in [3.63, 3.8) is 0 Å². The molecule has 0 heterocycles. The largest absolute Gasteiger partial charge is 0.449 e. The Morgan fingerprint density at radius 3 is 2.26 bits per heavy atom. The predicted molar refractivity (Wildman–Crippen MR) is 131 cm³/mol. The van der Waals surface area contributed by atoms with Crippen LogP contribution in [0.2, 0.25) is 0 Å². The Morgan fingerprint density at radius 1 is 0.912 bits per heavy atom. The van der Waals surface area contributed by atoms with Crippen LogP contribution in [0.1, 0.15) is 42.7 Å². The van der Waals surface area contributed by atoms with Gasteiger partial charge in [-0.05, 0) is 53.3 Å². The minimum Gasteiger partial charge on any atom is -0.449 e. The van der Waals surface area contributed by atoms with E-state index < -0.39 is 11.9 Å². The third kappa shape index (κ3) is 5.54. The van der Waals surface area contributed by atoms with Gasteiger partial charge in [0.15, 0.2) is 0 Å². The molecular weight excluding hydrogens is 433 g/mol. The van der Waals surface area contributed by atoms with Crippen molar-refractivity contribution in [2.24, 2.45) is 0 Å². The molecule has 0 aromatic heterocycles. The van der Waals surface area contributed by atoms with Gasteiger partial charge in [-0.1, -0.05) is 55.0 Å². The van der Waals surface area contributed by atoms with Gasteiger partial charge in [-0.2, -0.15) is 0 Å². The van der Waals surface area contributed by atoms with Gasteiger partial charge in [0, 0.05) is 18.9 Å². The molecule has 7 heteroatoms. The van der Waals surface area contributed by atoms with E-state index in [1.165, 1.54) is 40.5 Å². The summed E-state index contributed by atoms with van der Waals surface area (Å²) in [6.07, 6.45) is 2.05. The molecule has 4 rings (SSSR count). The van der Waals surface area contributed by atoms with Crippen LogP contribution < -0.4 is 16.4 Å². The minimum atomic E-state index is -0.445. The number of anilines is 2. The number of nitrogens with two attached hydrogens (primary N) is 1. The van der Waals surface area contributed by atoms with Crippen LogP contribution in [0.15, 0.2) is 66.7 Å². The van der Waals surface area contributed by atoms with Gasteiger partial charge in [0.05, 0.1) is 11.4 Å². The lowest BCUT2D eigenvalue weighted by molar-refractivity contribution is -0.116. The van der Waals surface area contributed by atoms with E-state index in [0.29, 0.717) is 25.1 Å². The molecule has 0 saturated heterocycles. The van der Waals surface area contributed by atoms with Crippen LogP contribution in [-0.2, 0) is 9.53 Å². The Hall–Kier alpha value is -3.87. The highest BCUT2D eigenvalue weighted by Crippen LogP contribution is 2.44. The van der Waals surface area contributed by atoms with Gasteiger partial charge in [0.25, 0.3) is 0 Å². The van der Waals surface area contributed by atoms with E-state index in [2.05, 4.69) is 34.9 Å². The van der Waals surface area contributed by atoms with Crippen molar-refractivity contribution in [1.82, 2.24) is 5.32 Å². The van der Waals surface area contributed by atoms with Gasteiger partial charge in [-0.3, -0.25) is 4.79 Å². The number of carbonyl (C=O) groups is 2. The van der Waals surface area contributed by atoms with Crippen LogP contribution in [0.3, 0.4) is 0 Å². The average Bonchev–Trinajstić information content (AvgIpc) is 3.15. The number of alkyl carbamates (subject to hydrolysis) is 1.